The Morgan fingerprint density at radius 2 is 1.58 bits per heavy atom. The Labute approximate surface area is 279 Å². The fourth-order valence-corrected chi connectivity index (χ4v) is 5.77. The van der Waals surface area contributed by atoms with Gasteiger partial charge in [-0.05, 0) is 0 Å². The number of phosphoric ester groups is 1. The molecule has 2 heterocycles. The summed E-state index contributed by atoms with van der Waals surface area (Å²) in [5, 5.41) is 19.9. The predicted octanol–water partition coefficient (Wildman–Crippen LogP) is -16.9. The molecule has 24 heteroatoms. The first kappa shape index (κ1) is 40.9. The molecule has 0 spiro atoms. The van der Waals surface area contributed by atoms with Crippen LogP contribution in [0.15, 0.2) is 21.9 Å². The molecule has 0 amide bonds. The van der Waals surface area contributed by atoms with E-state index in [-0.39, 0.29) is 118 Å². The van der Waals surface area contributed by atoms with Crippen LogP contribution in [-0.4, -0.2) is 44.7 Å². The smallest absolute Gasteiger partial charge is 0.812 e. The van der Waals surface area contributed by atoms with Gasteiger partial charge in [-0.25, -0.2) is 9.11 Å². The van der Waals surface area contributed by atoms with Crippen molar-refractivity contribution in [3.63, 3.8) is 0 Å². The summed E-state index contributed by atoms with van der Waals surface area (Å²) >= 11 is 3.64. The molecule has 1 aromatic rings. The van der Waals surface area contributed by atoms with Gasteiger partial charge in [-0.1, -0.05) is 6.72 Å². The van der Waals surface area contributed by atoms with Crippen LogP contribution in [0, 0.1) is 0 Å². The number of hydrogen-bond donors (Lipinski definition) is 3. The van der Waals surface area contributed by atoms with E-state index < -0.39 is 64.8 Å². The van der Waals surface area contributed by atoms with Gasteiger partial charge in [0.15, 0.2) is 6.23 Å². The minimum atomic E-state index is -5.96. The number of hydrogen-bond acceptors (Lipinski definition) is 15. The van der Waals surface area contributed by atoms with E-state index in [1.54, 1.807) is 0 Å². The standard InChI is InChI=1S/C9H15N2O14P3S.4Na/c12-5-1-2-11(9(15)10-5)8-7(14)6(13)4(23-8)3-22-26(16,17)24-27(18,19)25-28(20,21)29;;;;/h1-2,4,6-8,13-14H,3H2,(H,16,17)(H,18,19)(H,10,12,15)(H2,20,21,29);;;;/q;4*+1/p-4/t4-,6-,7-,8-;;;;/m1..../s1. The molecule has 0 radical (unpaired) electrons. The summed E-state index contributed by atoms with van der Waals surface area (Å²) < 4.78 is 39.5. The number of aliphatic hydroxyl groups is 2. The maximum atomic E-state index is 11.7. The third-order valence-electron chi connectivity index (χ3n) is 3.26. The topological polar surface area (TPSA) is 259 Å². The molecular formula is C9H11N2Na4O14P3S. The normalized spacial score (nSPS) is 25.8. The summed E-state index contributed by atoms with van der Waals surface area (Å²) in [6.45, 7) is -6.43. The molecule has 166 valence electrons. The van der Waals surface area contributed by atoms with Crippen molar-refractivity contribution in [3.05, 3.63) is 33.1 Å². The summed E-state index contributed by atoms with van der Waals surface area (Å²) in [5.74, 6) is 0. The van der Waals surface area contributed by atoms with Crippen molar-refractivity contribution in [2.45, 2.75) is 24.5 Å². The first-order chi connectivity index (χ1) is 13.1. The van der Waals surface area contributed by atoms with Crippen LogP contribution >= 0.6 is 22.4 Å². The molecule has 16 nitrogen and oxygen atoms in total. The molecule has 1 aliphatic heterocycles. The Kier molecular flexibility index (Phi) is 20.4. The number of ether oxygens (including phenoxy) is 1. The molecule has 1 aromatic heterocycles. The van der Waals surface area contributed by atoms with Crippen LogP contribution < -0.4 is 149 Å². The Bertz CT molecular complexity index is 1020. The van der Waals surface area contributed by atoms with E-state index in [9.17, 15) is 48.5 Å². The number of aromatic amines is 1. The maximum Gasteiger partial charge on any atom is 1.00 e. The van der Waals surface area contributed by atoms with Gasteiger partial charge in [0, 0.05) is 12.3 Å². The van der Waals surface area contributed by atoms with Crippen LogP contribution in [0.25, 0.3) is 0 Å². The summed E-state index contributed by atoms with van der Waals surface area (Å²) in [6.07, 6.45) is -5.83. The van der Waals surface area contributed by atoms with E-state index in [0.717, 1.165) is 12.3 Å². The monoisotopic (exact) mass is 588 g/mol. The van der Waals surface area contributed by atoms with Crippen LogP contribution in [-0.2, 0) is 38.8 Å². The Balaban J connectivity index is -0.00000225. The Hall–Kier alpha value is 3.39. The maximum absolute atomic E-state index is 11.7. The van der Waals surface area contributed by atoms with Gasteiger partial charge in [-0.15, -0.1) is 11.8 Å². The molecule has 1 fully saturated rings. The molecule has 1 saturated heterocycles. The van der Waals surface area contributed by atoms with Crippen LogP contribution in [0.2, 0.25) is 0 Å². The van der Waals surface area contributed by atoms with E-state index in [1.165, 1.54) is 0 Å². The molecule has 0 saturated carbocycles. The summed E-state index contributed by atoms with van der Waals surface area (Å²) in [5.41, 5.74) is -1.77. The van der Waals surface area contributed by atoms with E-state index in [4.69, 9.17) is 4.74 Å². The van der Waals surface area contributed by atoms with E-state index in [2.05, 4.69) is 25.0 Å². The van der Waals surface area contributed by atoms with Gasteiger partial charge in [0.2, 0.25) is 0 Å². The number of aliphatic hydroxyl groups excluding tert-OH is 2. The number of phosphoric acid groups is 2. The summed E-state index contributed by atoms with van der Waals surface area (Å²) in [6, 6.07) is 0.910. The first-order valence-corrected chi connectivity index (χ1v) is 12.6. The zero-order chi connectivity index (χ0) is 22.2. The molecule has 0 aromatic carbocycles. The zero-order valence-corrected chi connectivity index (χ0v) is 29.2. The molecule has 2 rings (SSSR count). The number of nitrogens with one attached hydrogen (secondary N) is 1. The second-order valence-corrected chi connectivity index (χ2v) is 11.0. The molecule has 0 bridgehead atoms. The van der Waals surface area contributed by atoms with Gasteiger partial charge in [0.1, 0.15) is 18.3 Å². The SMILES string of the molecule is O=c1ccn([C@@H]2O[C@H](COP(=O)([O-])OP(=O)([O-])OP([O-])([O-])=S)[C@@H](O)[C@H]2O)c(=O)[nH]1.[Na+].[Na+].[Na+].[Na+]. The van der Waals surface area contributed by atoms with E-state index in [0.29, 0.717) is 4.57 Å². The van der Waals surface area contributed by atoms with Crippen molar-refractivity contribution in [3.8, 4) is 0 Å². The van der Waals surface area contributed by atoms with Crippen molar-refractivity contribution in [2.75, 3.05) is 6.61 Å². The molecule has 33 heavy (non-hydrogen) atoms. The van der Waals surface area contributed by atoms with Gasteiger partial charge in [0.05, 0.1) is 6.61 Å². The number of rotatable bonds is 8. The molecule has 2 unspecified atom stereocenters. The Morgan fingerprint density at radius 3 is 2.06 bits per heavy atom. The minimum Gasteiger partial charge on any atom is -0.812 e. The van der Waals surface area contributed by atoms with Gasteiger partial charge in [0.25, 0.3) is 21.2 Å². The number of aromatic nitrogens is 2. The van der Waals surface area contributed by atoms with Crippen LogP contribution in [0.3, 0.4) is 0 Å². The van der Waals surface area contributed by atoms with E-state index >= 15 is 0 Å². The van der Waals surface area contributed by atoms with Gasteiger partial charge < -0.3 is 43.4 Å². The van der Waals surface area contributed by atoms with Crippen LogP contribution in [0.4, 0.5) is 0 Å². The van der Waals surface area contributed by atoms with Gasteiger partial charge >= 0.3 is 124 Å². The quantitative estimate of drug-likeness (QED) is 0.188. The molecule has 1 aliphatic rings. The summed E-state index contributed by atoms with van der Waals surface area (Å²) in [4.78, 5) is 68.6. The molecule has 0 aliphatic carbocycles. The van der Waals surface area contributed by atoms with Crippen molar-refractivity contribution < 1.29 is 175 Å². The Morgan fingerprint density at radius 1 is 1.03 bits per heavy atom. The fourth-order valence-electron chi connectivity index (χ4n) is 2.17. The van der Waals surface area contributed by atoms with Crippen LogP contribution in [0.1, 0.15) is 6.23 Å². The average Bonchev–Trinajstić information content (AvgIpc) is 2.78. The zero-order valence-electron chi connectivity index (χ0n) is 17.7. The van der Waals surface area contributed by atoms with Crippen molar-refractivity contribution >= 4 is 34.2 Å². The van der Waals surface area contributed by atoms with Crippen molar-refractivity contribution in [2.24, 2.45) is 0 Å². The third kappa shape index (κ3) is 13.3. The van der Waals surface area contributed by atoms with Gasteiger partial charge in [-0.3, -0.25) is 23.5 Å². The number of H-pyrrole nitrogens is 1. The largest absolute Gasteiger partial charge is 1.00 e. The third-order valence-corrected chi connectivity index (χ3v) is 7.52. The fraction of sp³-hybridized carbons (Fsp3) is 0.556. The predicted molar refractivity (Wildman–Crippen MR) is 84.9 cm³/mol. The minimum absolute atomic E-state index is 0. The number of nitrogens with zero attached hydrogens (tertiary/aromatic N) is 1. The van der Waals surface area contributed by atoms with Gasteiger partial charge in [-0.2, -0.15) is 0 Å². The second kappa shape index (κ2) is 16.5. The summed E-state index contributed by atoms with van der Waals surface area (Å²) in [7, 11) is -11.7. The van der Waals surface area contributed by atoms with Crippen molar-refractivity contribution in [1.29, 1.82) is 0 Å². The second-order valence-electron chi connectivity index (χ2n) is 5.36. The van der Waals surface area contributed by atoms with Crippen LogP contribution in [0.5, 0.6) is 0 Å². The average molecular weight is 588 g/mol. The first-order valence-electron chi connectivity index (χ1n) is 7.15. The molecular weight excluding hydrogens is 577 g/mol. The van der Waals surface area contributed by atoms with E-state index in [1.807, 2.05) is 4.98 Å². The molecule has 3 N–H and O–H groups in total. The molecule has 6 atom stereocenters. The van der Waals surface area contributed by atoms with Crippen molar-refractivity contribution in [1.82, 2.24) is 9.55 Å².